The third-order valence-electron chi connectivity index (χ3n) is 7.15. The van der Waals surface area contributed by atoms with E-state index in [9.17, 15) is 14.4 Å². The highest BCUT2D eigenvalue weighted by Crippen LogP contribution is 2.19. The van der Waals surface area contributed by atoms with Crippen LogP contribution < -0.4 is 10.9 Å². The number of fused-ring (bicyclic) bond motifs is 3. The lowest BCUT2D eigenvalue weighted by atomic mass is 9.49. The van der Waals surface area contributed by atoms with E-state index in [2.05, 4.69) is 66.0 Å². The van der Waals surface area contributed by atoms with Crippen LogP contribution in [0.25, 0.3) is 18.2 Å². The zero-order valence-corrected chi connectivity index (χ0v) is 32.8. The van der Waals surface area contributed by atoms with Crippen molar-refractivity contribution in [1.82, 2.24) is 0 Å². The Hall–Kier alpha value is -3.92. The fourth-order valence-electron chi connectivity index (χ4n) is 4.76. The molecule has 0 saturated heterocycles. The fourth-order valence-corrected chi connectivity index (χ4v) is 4.76. The van der Waals surface area contributed by atoms with Gasteiger partial charge in [0.2, 0.25) is 0 Å². The molecule has 6 heteroatoms. The van der Waals surface area contributed by atoms with E-state index in [1.54, 1.807) is 0 Å². The summed E-state index contributed by atoms with van der Waals surface area (Å²) in [5, 5.41) is 0. The number of rotatable bonds is 2. The molecule has 0 spiro atoms. The number of hydrogen-bond donors (Lipinski definition) is 0. The van der Waals surface area contributed by atoms with E-state index in [1.807, 2.05) is 120 Å². The Morgan fingerprint density at radius 2 is 0.796 bits per heavy atom. The van der Waals surface area contributed by atoms with Gasteiger partial charge in [-0.15, -0.1) is 0 Å². The molecule has 49 heavy (non-hydrogen) atoms. The van der Waals surface area contributed by atoms with Crippen LogP contribution in [0.3, 0.4) is 0 Å². The second-order valence-corrected chi connectivity index (χ2v) is 12.4. The molecule has 3 aliphatic rings. The summed E-state index contributed by atoms with van der Waals surface area (Å²) in [4.78, 5) is 34.4. The predicted octanol–water partition coefficient (Wildman–Crippen LogP) is 11.2. The number of carbonyl (C=O) groups is 3. The topological polar surface area (TPSA) is 51.2 Å². The second-order valence-electron chi connectivity index (χ2n) is 12.4. The van der Waals surface area contributed by atoms with Crippen LogP contribution in [0.15, 0.2) is 78.9 Å². The SMILES string of the molecule is CB(C)C.CB(C)c1ccc2c(c1)C(=O)CC=C2.CB(C)c1ccc2c(c1)C=CCC2=O.CC.CC.CC.O=C1CC=Cc2ccccc21. The van der Waals surface area contributed by atoms with Crippen molar-refractivity contribution in [3.8, 4) is 0 Å². The highest BCUT2D eigenvalue weighted by Gasteiger charge is 2.16. The van der Waals surface area contributed by atoms with Crippen molar-refractivity contribution in [3.63, 3.8) is 0 Å². The van der Waals surface area contributed by atoms with E-state index in [0.29, 0.717) is 32.7 Å². The number of hydrogen-bond acceptors (Lipinski definition) is 3. The van der Waals surface area contributed by atoms with Crippen LogP contribution in [0.2, 0.25) is 47.8 Å². The monoisotopic (exact) mass is 658 g/mol. The summed E-state index contributed by atoms with van der Waals surface area (Å²) >= 11 is 0. The molecule has 0 unspecified atom stereocenters. The van der Waals surface area contributed by atoms with Crippen molar-refractivity contribution in [2.75, 3.05) is 0 Å². The third-order valence-corrected chi connectivity index (χ3v) is 7.15. The quantitative estimate of drug-likeness (QED) is 0.258. The third kappa shape index (κ3) is 15.5. The Bertz CT molecular complexity index is 1540. The standard InChI is InChI=1S/2C12H13BO.C10H8O.C3H9B.3C2H6/c1-13(2)10-6-7-11-9(8-10)4-3-5-12(11)14;1-13(2)10-7-6-9-4-3-5-12(14)11(9)8-10;11-10-7-3-5-8-4-1-2-6-9(8)10;1-4(2)3;3*1-2/h2*3-4,6-8H,5H2,1-2H3;1-6H,7H2;1-3H3;3*1-2H3. The van der Waals surface area contributed by atoms with Gasteiger partial charge in [-0.25, -0.2) is 0 Å². The van der Waals surface area contributed by atoms with Crippen LogP contribution in [-0.2, 0) is 0 Å². The zero-order valence-electron chi connectivity index (χ0n) is 32.8. The van der Waals surface area contributed by atoms with Crippen LogP contribution in [0.4, 0.5) is 0 Å². The lowest BCUT2D eigenvalue weighted by molar-refractivity contribution is 0.0986. The fraction of sp³-hybridized carbons (Fsp3) is 0.372. The average Bonchev–Trinajstić information content (AvgIpc) is 3.11. The van der Waals surface area contributed by atoms with Gasteiger partial charge >= 0.3 is 0 Å². The van der Waals surface area contributed by atoms with E-state index in [1.165, 1.54) is 10.9 Å². The van der Waals surface area contributed by atoms with Crippen LogP contribution >= 0.6 is 0 Å². The van der Waals surface area contributed by atoms with Crippen LogP contribution in [0.5, 0.6) is 0 Å². The number of ketones is 3. The van der Waals surface area contributed by atoms with Crippen LogP contribution in [0.1, 0.15) is 109 Å². The lowest BCUT2D eigenvalue weighted by Crippen LogP contribution is -2.24. The molecule has 0 aromatic heterocycles. The summed E-state index contributed by atoms with van der Waals surface area (Å²) < 4.78 is 0. The second kappa shape index (κ2) is 25.1. The highest BCUT2D eigenvalue weighted by molar-refractivity contribution is 6.71. The minimum absolute atomic E-state index is 0.225. The van der Waals surface area contributed by atoms with Crippen molar-refractivity contribution in [2.24, 2.45) is 0 Å². The first-order valence-electron chi connectivity index (χ1n) is 18.4. The van der Waals surface area contributed by atoms with E-state index < -0.39 is 0 Å². The highest BCUT2D eigenvalue weighted by atomic mass is 16.1. The number of Topliss-reactive ketones (excluding diaryl/α,β-unsaturated/α-hetero) is 3. The van der Waals surface area contributed by atoms with E-state index in [4.69, 9.17) is 0 Å². The number of carbonyl (C=O) groups excluding carboxylic acids is 3. The van der Waals surface area contributed by atoms with E-state index in [-0.39, 0.29) is 17.3 Å². The van der Waals surface area contributed by atoms with E-state index >= 15 is 0 Å². The number of benzene rings is 3. The Balaban J connectivity index is 0.000000626. The average molecular weight is 658 g/mol. The molecule has 6 rings (SSSR count). The summed E-state index contributed by atoms with van der Waals surface area (Å²) in [6.07, 6.45) is 13.5. The molecule has 0 bridgehead atoms. The molecular formula is C43H61B3O3. The van der Waals surface area contributed by atoms with Crippen molar-refractivity contribution in [3.05, 3.63) is 112 Å². The molecule has 0 fully saturated rings. The Morgan fingerprint density at radius 3 is 1.27 bits per heavy atom. The summed E-state index contributed by atoms with van der Waals surface area (Å²) in [6.45, 7) is 29.0. The van der Waals surface area contributed by atoms with Gasteiger partial charge < -0.3 is 0 Å². The molecule has 3 aromatic carbocycles. The van der Waals surface area contributed by atoms with Crippen LogP contribution in [0, 0.1) is 0 Å². The Labute approximate surface area is 301 Å². The zero-order chi connectivity index (χ0) is 37.5. The first-order valence-corrected chi connectivity index (χ1v) is 18.4. The molecule has 260 valence electrons. The lowest BCUT2D eigenvalue weighted by Gasteiger charge is -2.11. The minimum Gasteiger partial charge on any atom is -0.294 e. The Morgan fingerprint density at radius 1 is 0.429 bits per heavy atom. The molecule has 0 amide bonds. The van der Waals surface area contributed by atoms with Crippen LogP contribution in [-0.4, -0.2) is 37.5 Å². The molecule has 0 heterocycles. The summed E-state index contributed by atoms with van der Waals surface area (Å²) in [5.74, 6) is 0.700. The smallest absolute Gasteiger partial charge is 0.169 e. The van der Waals surface area contributed by atoms with Gasteiger partial charge in [-0.3, -0.25) is 14.4 Å². The summed E-state index contributed by atoms with van der Waals surface area (Å²) in [5.41, 5.74) is 8.34. The molecule has 0 N–H and O–H groups in total. The van der Waals surface area contributed by atoms with Gasteiger partial charge in [-0.2, -0.15) is 0 Å². The van der Waals surface area contributed by atoms with Gasteiger partial charge in [0.15, 0.2) is 30.8 Å². The van der Waals surface area contributed by atoms with Crippen molar-refractivity contribution < 1.29 is 14.4 Å². The van der Waals surface area contributed by atoms with Gasteiger partial charge in [-0.05, 0) is 16.7 Å². The first kappa shape index (κ1) is 45.1. The van der Waals surface area contributed by atoms with E-state index in [0.717, 1.165) is 40.1 Å². The van der Waals surface area contributed by atoms with Gasteiger partial charge in [0.1, 0.15) is 6.71 Å². The van der Waals surface area contributed by atoms with Crippen molar-refractivity contribution >= 4 is 66.6 Å². The molecule has 0 aliphatic heterocycles. The molecule has 0 saturated carbocycles. The summed E-state index contributed by atoms with van der Waals surface area (Å²) in [7, 11) is 0. The van der Waals surface area contributed by atoms with Gasteiger partial charge in [0, 0.05) is 36.0 Å². The minimum atomic E-state index is 0.225. The molecule has 0 radical (unpaired) electrons. The van der Waals surface area contributed by atoms with Gasteiger partial charge in [0.05, 0.1) is 0 Å². The van der Waals surface area contributed by atoms with Crippen molar-refractivity contribution in [2.45, 2.75) is 109 Å². The molecule has 3 aromatic rings. The molecular weight excluding hydrogens is 597 g/mol. The maximum Gasteiger partial charge on any atom is 0.169 e. The van der Waals surface area contributed by atoms with Gasteiger partial charge in [-0.1, -0.05) is 197 Å². The molecule has 3 nitrogen and oxygen atoms in total. The maximum atomic E-state index is 11.6. The number of allylic oxidation sites excluding steroid dienone is 3. The molecule has 3 aliphatic carbocycles. The normalized spacial score (nSPS) is 12.2. The predicted molar refractivity (Wildman–Crippen MR) is 225 cm³/mol. The first-order chi connectivity index (χ1) is 23.5. The molecule has 0 atom stereocenters. The Kier molecular flexibility index (Phi) is 23.1. The van der Waals surface area contributed by atoms with Crippen molar-refractivity contribution in [1.29, 1.82) is 0 Å². The summed E-state index contributed by atoms with van der Waals surface area (Å²) in [6, 6.07) is 20.0. The maximum absolute atomic E-state index is 11.6. The van der Waals surface area contributed by atoms with Gasteiger partial charge in [0.25, 0.3) is 0 Å². The largest absolute Gasteiger partial charge is 0.294 e.